The first kappa shape index (κ1) is 17.8. The van der Waals surface area contributed by atoms with Crippen LogP contribution in [0, 0.1) is 5.92 Å². The fourth-order valence-electron chi connectivity index (χ4n) is 3.54. The van der Waals surface area contributed by atoms with E-state index >= 15 is 0 Å². The first-order valence-electron chi connectivity index (χ1n) is 8.27. The van der Waals surface area contributed by atoms with Crippen molar-refractivity contribution in [1.82, 2.24) is 4.98 Å². The van der Waals surface area contributed by atoms with Crippen molar-refractivity contribution in [3.8, 4) is 5.75 Å². The van der Waals surface area contributed by atoms with Gasteiger partial charge in [0.15, 0.2) is 18.2 Å². The van der Waals surface area contributed by atoms with Crippen molar-refractivity contribution in [3.05, 3.63) is 12.1 Å². The maximum atomic E-state index is 12.2. The number of halogens is 1. The number of rotatable bonds is 2. The summed E-state index contributed by atoms with van der Waals surface area (Å²) in [6.07, 6.45) is 3.38. The zero-order valence-electron chi connectivity index (χ0n) is 13.6. The first-order chi connectivity index (χ1) is 11.6. The maximum absolute atomic E-state index is 12.2. The number of nitrogens with zero attached hydrogens (tertiary/aromatic N) is 2. The first-order valence-corrected chi connectivity index (χ1v) is 8.27. The summed E-state index contributed by atoms with van der Waals surface area (Å²) in [6, 6.07) is 3.68. The van der Waals surface area contributed by atoms with Crippen LogP contribution in [0.15, 0.2) is 12.1 Å². The molecule has 3 aliphatic rings. The Morgan fingerprint density at radius 1 is 1.20 bits per heavy atom. The third-order valence-electron chi connectivity index (χ3n) is 4.91. The number of pyridine rings is 1. The molecule has 3 N–H and O–H groups in total. The van der Waals surface area contributed by atoms with E-state index in [4.69, 9.17) is 15.2 Å². The molecule has 1 aliphatic carbocycles. The number of nitrogens with one attached hydrogen (secondary N) is 1. The monoisotopic (exact) mass is 368 g/mol. The van der Waals surface area contributed by atoms with Gasteiger partial charge in [-0.05, 0) is 43.7 Å². The molecule has 1 saturated carbocycles. The van der Waals surface area contributed by atoms with Crippen molar-refractivity contribution in [3.63, 3.8) is 0 Å². The van der Waals surface area contributed by atoms with Crippen LogP contribution in [0.5, 0.6) is 5.75 Å². The van der Waals surface area contributed by atoms with Crippen LogP contribution in [0.4, 0.5) is 16.4 Å². The molecule has 4 rings (SSSR count). The summed E-state index contributed by atoms with van der Waals surface area (Å²) in [7, 11) is 0. The third kappa shape index (κ3) is 3.50. The molecule has 1 aromatic heterocycles. The molecule has 1 unspecified atom stereocenters. The summed E-state index contributed by atoms with van der Waals surface area (Å²) in [4.78, 5) is 29.5. The zero-order chi connectivity index (χ0) is 16.7. The molecule has 1 aromatic rings. The Morgan fingerprint density at radius 3 is 2.72 bits per heavy atom. The van der Waals surface area contributed by atoms with E-state index < -0.39 is 6.09 Å². The van der Waals surface area contributed by atoms with E-state index in [-0.39, 0.29) is 37.1 Å². The molecular weight excluding hydrogens is 348 g/mol. The summed E-state index contributed by atoms with van der Waals surface area (Å²) < 4.78 is 10.8. The van der Waals surface area contributed by atoms with E-state index in [2.05, 4.69) is 10.3 Å². The molecule has 0 radical (unpaired) electrons. The molecule has 0 aromatic carbocycles. The van der Waals surface area contributed by atoms with Gasteiger partial charge < -0.3 is 20.5 Å². The van der Waals surface area contributed by atoms with Crippen LogP contribution >= 0.6 is 12.4 Å². The fraction of sp³-hybridized carbons (Fsp3) is 0.562. The Kier molecular flexibility index (Phi) is 5.01. The molecule has 2 amide bonds. The van der Waals surface area contributed by atoms with Crippen LogP contribution in [0.3, 0.4) is 0 Å². The van der Waals surface area contributed by atoms with Gasteiger partial charge in [0, 0.05) is 6.04 Å². The fourth-order valence-corrected chi connectivity index (χ4v) is 3.54. The Bertz CT molecular complexity index is 678. The van der Waals surface area contributed by atoms with Crippen LogP contribution in [-0.2, 0) is 9.53 Å². The van der Waals surface area contributed by atoms with Gasteiger partial charge in [0.25, 0.3) is 5.91 Å². The third-order valence-corrected chi connectivity index (χ3v) is 4.91. The highest BCUT2D eigenvalue weighted by atomic mass is 35.5. The summed E-state index contributed by atoms with van der Waals surface area (Å²) in [5, 5.41) is 2.65. The molecule has 3 heterocycles. The number of nitrogens with two attached hydrogens (primary N) is 1. The highest BCUT2D eigenvalue weighted by molar-refractivity contribution is 5.95. The van der Waals surface area contributed by atoms with E-state index in [1.807, 2.05) is 0 Å². The molecule has 8 nitrogen and oxygen atoms in total. The van der Waals surface area contributed by atoms with Gasteiger partial charge >= 0.3 is 6.09 Å². The SMILES string of the molecule is Cl.NC1CCC(C2CN(c3ccc4c(n3)NC(=O)CO4)C(=O)O2)CC1. The standard InChI is InChI=1S/C16H20N4O4.ClH/c17-10-3-1-9(2-4-10)12-7-20(16(22)24-12)13-6-5-11-15(18-13)19-14(21)8-23-11;/h5-6,9-10,12H,1-4,7-8,17H2,(H,18,19,21);1H. The number of aromatic nitrogens is 1. The van der Waals surface area contributed by atoms with Crippen molar-refractivity contribution >= 4 is 36.0 Å². The average Bonchev–Trinajstić information content (AvgIpc) is 2.96. The van der Waals surface area contributed by atoms with Crippen molar-refractivity contribution in [2.75, 3.05) is 23.4 Å². The lowest BCUT2D eigenvalue weighted by Crippen LogP contribution is -2.34. The number of anilines is 2. The average molecular weight is 369 g/mol. The Hall–Kier alpha value is -2.06. The van der Waals surface area contributed by atoms with Gasteiger partial charge in [0.1, 0.15) is 11.9 Å². The predicted octanol–water partition coefficient (Wildman–Crippen LogP) is 1.68. The highest BCUT2D eigenvalue weighted by Gasteiger charge is 2.39. The van der Waals surface area contributed by atoms with Crippen molar-refractivity contribution in [1.29, 1.82) is 0 Å². The minimum absolute atomic E-state index is 0. The maximum Gasteiger partial charge on any atom is 0.415 e. The van der Waals surface area contributed by atoms with Crippen molar-refractivity contribution in [2.24, 2.45) is 11.7 Å². The molecule has 2 aliphatic heterocycles. The summed E-state index contributed by atoms with van der Waals surface area (Å²) in [5.41, 5.74) is 5.94. The molecule has 1 saturated heterocycles. The van der Waals surface area contributed by atoms with Crippen molar-refractivity contribution in [2.45, 2.75) is 37.8 Å². The number of hydrogen-bond acceptors (Lipinski definition) is 6. The second-order valence-electron chi connectivity index (χ2n) is 6.56. The molecular formula is C16H21ClN4O4. The number of cyclic esters (lactones) is 1. The molecule has 136 valence electrons. The van der Waals surface area contributed by atoms with Crippen LogP contribution < -0.4 is 20.7 Å². The molecule has 0 bridgehead atoms. The van der Waals surface area contributed by atoms with Crippen LogP contribution in [0.25, 0.3) is 0 Å². The Labute approximate surface area is 151 Å². The Morgan fingerprint density at radius 2 is 1.96 bits per heavy atom. The minimum atomic E-state index is -0.398. The number of fused-ring (bicyclic) bond motifs is 1. The molecule has 9 heteroatoms. The van der Waals surface area contributed by atoms with Gasteiger partial charge in [-0.15, -0.1) is 12.4 Å². The van der Waals surface area contributed by atoms with Gasteiger partial charge in [0.2, 0.25) is 0 Å². The van der Waals surface area contributed by atoms with E-state index in [1.54, 1.807) is 12.1 Å². The van der Waals surface area contributed by atoms with Crippen LogP contribution in [0.1, 0.15) is 25.7 Å². The van der Waals surface area contributed by atoms with E-state index in [1.165, 1.54) is 4.90 Å². The number of hydrogen-bond donors (Lipinski definition) is 2. The molecule has 25 heavy (non-hydrogen) atoms. The zero-order valence-corrected chi connectivity index (χ0v) is 14.5. The lowest BCUT2D eigenvalue weighted by atomic mass is 9.83. The van der Waals surface area contributed by atoms with E-state index in [0.717, 1.165) is 25.7 Å². The predicted molar refractivity (Wildman–Crippen MR) is 93.2 cm³/mol. The van der Waals surface area contributed by atoms with Gasteiger partial charge in [-0.2, -0.15) is 0 Å². The largest absolute Gasteiger partial charge is 0.480 e. The van der Waals surface area contributed by atoms with Crippen LogP contribution in [-0.4, -0.2) is 42.3 Å². The van der Waals surface area contributed by atoms with E-state index in [9.17, 15) is 9.59 Å². The summed E-state index contributed by atoms with van der Waals surface area (Å²) in [5.74, 6) is 1.39. The molecule has 1 atom stereocenters. The Balaban J connectivity index is 0.00000182. The van der Waals surface area contributed by atoms with Crippen LogP contribution in [0.2, 0.25) is 0 Å². The van der Waals surface area contributed by atoms with E-state index in [0.29, 0.717) is 29.8 Å². The smallest absolute Gasteiger partial charge is 0.415 e. The van der Waals surface area contributed by atoms with Gasteiger partial charge in [-0.25, -0.2) is 9.78 Å². The lowest BCUT2D eigenvalue weighted by molar-refractivity contribution is -0.118. The number of carbonyl (C=O) groups is 2. The topological polar surface area (TPSA) is 107 Å². The number of amides is 2. The number of ether oxygens (including phenoxy) is 2. The molecule has 0 spiro atoms. The van der Waals surface area contributed by atoms with Gasteiger partial charge in [0.05, 0.1) is 6.54 Å². The lowest BCUT2D eigenvalue weighted by Gasteiger charge is -2.28. The quantitative estimate of drug-likeness (QED) is 0.822. The summed E-state index contributed by atoms with van der Waals surface area (Å²) in [6.45, 7) is 0.449. The van der Waals surface area contributed by atoms with Gasteiger partial charge in [-0.3, -0.25) is 9.69 Å². The normalized spacial score (nSPS) is 28.4. The second kappa shape index (κ2) is 7.05. The second-order valence-corrected chi connectivity index (χ2v) is 6.56. The number of carbonyl (C=O) groups excluding carboxylic acids is 2. The minimum Gasteiger partial charge on any atom is -0.480 e. The van der Waals surface area contributed by atoms with Crippen molar-refractivity contribution < 1.29 is 19.1 Å². The van der Waals surface area contributed by atoms with Gasteiger partial charge in [-0.1, -0.05) is 0 Å². The highest BCUT2D eigenvalue weighted by Crippen LogP contribution is 2.34. The summed E-state index contributed by atoms with van der Waals surface area (Å²) >= 11 is 0. The molecule has 2 fully saturated rings.